The van der Waals surface area contributed by atoms with Crippen LogP contribution in [0.3, 0.4) is 0 Å². The molecule has 1 atom stereocenters. The lowest BCUT2D eigenvalue weighted by molar-refractivity contribution is -0.149. The monoisotopic (exact) mass is 403 g/mol. The number of urea groups is 1. The first-order chi connectivity index (χ1) is 13.6. The molecule has 1 aliphatic rings. The number of rotatable bonds is 9. The Morgan fingerprint density at radius 2 is 1.83 bits per heavy atom. The van der Waals surface area contributed by atoms with E-state index in [9.17, 15) is 24.0 Å². The molecule has 0 bridgehead atoms. The highest BCUT2D eigenvalue weighted by atomic mass is 16.5. The van der Waals surface area contributed by atoms with Gasteiger partial charge in [-0.05, 0) is 32.8 Å². The molecule has 1 fully saturated rings. The number of carbonyl (C=O) groups excluding carboxylic acids is 5. The van der Waals surface area contributed by atoms with E-state index < -0.39 is 42.0 Å². The maximum absolute atomic E-state index is 12.0. The fraction of sp³-hybridized carbons (Fsp3) is 0.450. The number of hydrogen-bond donors (Lipinski definition) is 2. The number of imide groups is 1. The largest absolute Gasteiger partial charge is 0.456 e. The predicted molar refractivity (Wildman–Crippen MR) is 103 cm³/mol. The third kappa shape index (κ3) is 6.13. The number of amides is 4. The van der Waals surface area contributed by atoms with Crippen molar-refractivity contribution in [1.82, 2.24) is 15.5 Å². The molecule has 0 radical (unpaired) electrons. The Bertz CT molecular complexity index is 806. The highest BCUT2D eigenvalue weighted by molar-refractivity contribution is 6.06. The van der Waals surface area contributed by atoms with Gasteiger partial charge in [-0.25, -0.2) is 4.79 Å². The zero-order valence-corrected chi connectivity index (χ0v) is 16.7. The van der Waals surface area contributed by atoms with Gasteiger partial charge in [0.05, 0.1) is 12.5 Å². The Hall–Kier alpha value is -3.23. The van der Waals surface area contributed by atoms with Crippen molar-refractivity contribution >= 4 is 29.6 Å². The Balaban J connectivity index is 1.77. The molecule has 0 saturated carbocycles. The lowest BCUT2D eigenvalue weighted by Crippen LogP contribution is -2.43. The Kier molecular flexibility index (Phi) is 7.08. The summed E-state index contributed by atoms with van der Waals surface area (Å²) in [6, 6.07) is 7.92. The van der Waals surface area contributed by atoms with Crippen LogP contribution in [-0.4, -0.2) is 59.2 Å². The molecule has 0 aliphatic carbocycles. The second-order valence-corrected chi connectivity index (χ2v) is 7.34. The number of Topliss-reactive ketones (excluding diaryl/α,β-unsaturated/α-hetero) is 1. The summed E-state index contributed by atoms with van der Waals surface area (Å²) in [6.45, 7) is 3.81. The van der Waals surface area contributed by atoms with Crippen molar-refractivity contribution in [1.29, 1.82) is 0 Å². The second-order valence-electron chi connectivity index (χ2n) is 7.34. The standard InChI is InChI=1S/C20H25N3O6/c1-13(24)15(11-14-7-5-4-6-8-14)21-16(25)12-29-17(26)9-10-23-18(27)20(2,3)22-19(23)28/h4-8,15H,9-12H2,1-3H3,(H,21,25)(H,22,28). The van der Waals surface area contributed by atoms with Gasteiger partial charge in [-0.1, -0.05) is 30.3 Å². The van der Waals surface area contributed by atoms with Crippen LogP contribution in [-0.2, 0) is 30.3 Å². The lowest BCUT2D eigenvalue weighted by Gasteiger charge is -2.17. The Labute approximate surface area is 168 Å². The van der Waals surface area contributed by atoms with E-state index in [0.29, 0.717) is 6.42 Å². The van der Waals surface area contributed by atoms with Crippen molar-refractivity contribution in [2.45, 2.75) is 45.2 Å². The van der Waals surface area contributed by atoms with E-state index in [4.69, 9.17) is 4.74 Å². The van der Waals surface area contributed by atoms with Crippen LogP contribution in [0.25, 0.3) is 0 Å². The molecule has 9 heteroatoms. The van der Waals surface area contributed by atoms with E-state index in [1.807, 2.05) is 30.3 Å². The van der Waals surface area contributed by atoms with Gasteiger partial charge in [0.15, 0.2) is 12.4 Å². The van der Waals surface area contributed by atoms with E-state index in [0.717, 1.165) is 10.5 Å². The molecule has 1 aliphatic heterocycles. The molecule has 29 heavy (non-hydrogen) atoms. The van der Waals surface area contributed by atoms with Crippen molar-refractivity contribution < 1.29 is 28.7 Å². The molecule has 0 aromatic heterocycles. The average molecular weight is 403 g/mol. The fourth-order valence-corrected chi connectivity index (χ4v) is 2.82. The van der Waals surface area contributed by atoms with E-state index in [1.165, 1.54) is 6.92 Å². The van der Waals surface area contributed by atoms with Gasteiger partial charge in [-0.3, -0.25) is 24.1 Å². The number of nitrogens with one attached hydrogen (secondary N) is 2. The van der Waals surface area contributed by atoms with Gasteiger partial charge < -0.3 is 15.4 Å². The van der Waals surface area contributed by atoms with Gasteiger partial charge in [0, 0.05) is 6.54 Å². The maximum atomic E-state index is 12.0. The summed E-state index contributed by atoms with van der Waals surface area (Å²) in [4.78, 5) is 60.4. The van der Waals surface area contributed by atoms with Gasteiger partial charge in [-0.15, -0.1) is 0 Å². The zero-order chi connectivity index (χ0) is 21.6. The van der Waals surface area contributed by atoms with E-state index >= 15 is 0 Å². The third-order valence-corrected chi connectivity index (χ3v) is 4.46. The summed E-state index contributed by atoms with van der Waals surface area (Å²) in [7, 11) is 0. The minimum absolute atomic E-state index is 0.140. The molecule has 1 aromatic rings. The summed E-state index contributed by atoms with van der Waals surface area (Å²) in [5, 5.41) is 5.06. The molecule has 4 amide bonds. The smallest absolute Gasteiger partial charge is 0.325 e. The molecule has 2 N–H and O–H groups in total. The molecule has 1 heterocycles. The van der Waals surface area contributed by atoms with Crippen LogP contribution >= 0.6 is 0 Å². The number of ketones is 1. The third-order valence-electron chi connectivity index (χ3n) is 4.46. The van der Waals surface area contributed by atoms with E-state index in [1.54, 1.807) is 13.8 Å². The van der Waals surface area contributed by atoms with Crippen LogP contribution in [0, 0.1) is 0 Å². The molecular formula is C20H25N3O6. The zero-order valence-electron chi connectivity index (χ0n) is 16.7. The number of esters is 1. The average Bonchev–Trinajstić information content (AvgIpc) is 2.85. The van der Waals surface area contributed by atoms with Crippen molar-refractivity contribution in [2.24, 2.45) is 0 Å². The van der Waals surface area contributed by atoms with Crippen molar-refractivity contribution in [3.05, 3.63) is 35.9 Å². The van der Waals surface area contributed by atoms with Crippen molar-refractivity contribution in [2.75, 3.05) is 13.2 Å². The van der Waals surface area contributed by atoms with E-state index in [-0.39, 0.29) is 18.7 Å². The normalized spacial score (nSPS) is 16.2. The van der Waals surface area contributed by atoms with Crippen molar-refractivity contribution in [3.8, 4) is 0 Å². The summed E-state index contributed by atoms with van der Waals surface area (Å²) in [5.41, 5.74) is -0.122. The van der Waals surface area contributed by atoms with Crippen LogP contribution < -0.4 is 10.6 Å². The predicted octanol–water partition coefficient (Wildman–Crippen LogP) is 0.567. The van der Waals surface area contributed by atoms with Crippen LogP contribution in [0.4, 0.5) is 4.79 Å². The van der Waals surface area contributed by atoms with E-state index in [2.05, 4.69) is 10.6 Å². The summed E-state index contributed by atoms with van der Waals surface area (Å²) in [5.74, 6) is -1.98. The molecule has 0 spiro atoms. The van der Waals surface area contributed by atoms with Gasteiger partial charge >= 0.3 is 12.0 Å². The molecule has 156 valence electrons. The van der Waals surface area contributed by atoms with Gasteiger partial charge in [0.25, 0.3) is 11.8 Å². The number of hydrogen-bond acceptors (Lipinski definition) is 6. The molecule has 9 nitrogen and oxygen atoms in total. The van der Waals surface area contributed by atoms with Crippen molar-refractivity contribution in [3.63, 3.8) is 0 Å². The second kappa shape index (κ2) is 9.31. The van der Waals surface area contributed by atoms with Crippen LogP contribution in [0.1, 0.15) is 32.8 Å². The number of nitrogens with zero attached hydrogens (tertiary/aromatic N) is 1. The summed E-state index contributed by atoms with van der Waals surface area (Å²) < 4.78 is 4.88. The topological polar surface area (TPSA) is 122 Å². The number of carbonyl (C=O) groups is 5. The van der Waals surface area contributed by atoms with Gasteiger partial charge in [0.2, 0.25) is 0 Å². The van der Waals surface area contributed by atoms with Crippen LogP contribution in [0.15, 0.2) is 30.3 Å². The molecule has 1 saturated heterocycles. The first kappa shape index (κ1) is 22.1. The van der Waals surface area contributed by atoms with Gasteiger partial charge in [-0.2, -0.15) is 0 Å². The first-order valence-electron chi connectivity index (χ1n) is 9.23. The Morgan fingerprint density at radius 1 is 1.17 bits per heavy atom. The quantitative estimate of drug-likeness (QED) is 0.459. The molecule has 2 rings (SSSR count). The lowest BCUT2D eigenvalue weighted by atomic mass is 10.0. The van der Waals surface area contributed by atoms with Crippen LogP contribution in [0.2, 0.25) is 0 Å². The number of ether oxygens (including phenoxy) is 1. The fourth-order valence-electron chi connectivity index (χ4n) is 2.82. The van der Waals surface area contributed by atoms with Gasteiger partial charge in [0.1, 0.15) is 5.54 Å². The Morgan fingerprint density at radius 3 is 2.38 bits per heavy atom. The van der Waals surface area contributed by atoms with Crippen LogP contribution in [0.5, 0.6) is 0 Å². The molecular weight excluding hydrogens is 378 g/mol. The number of benzene rings is 1. The minimum atomic E-state index is -1.01. The summed E-state index contributed by atoms with van der Waals surface area (Å²) in [6.07, 6.45) is 0.0977. The highest BCUT2D eigenvalue weighted by Gasteiger charge is 2.44. The minimum Gasteiger partial charge on any atom is -0.456 e. The summed E-state index contributed by atoms with van der Waals surface area (Å²) >= 11 is 0. The SMILES string of the molecule is CC(=O)C(Cc1ccccc1)NC(=O)COC(=O)CCN1C(=O)NC(C)(C)C1=O. The first-order valence-corrected chi connectivity index (χ1v) is 9.23. The maximum Gasteiger partial charge on any atom is 0.325 e. The highest BCUT2D eigenvalue weighted by Crippen LogP contribution is 2.16. The molecule has 1 aromatic carbocycles. The molecule has 1 unspecified atom stereocenters.